The molecular formula is C47H82N18O11. The number of aromatic nitrogens is 4. The molecule has 0 bridgehead atoms. The molecule has 29 nitrogen and oxygen atoms in total. The van der Waals surface area contributed by atoms with Crippen LogP contribution in [0.2, 0.25) is 0 Å². The number of carbonyl (C=O) groups excluding carboxylic acids is 6. The largest absolute Gasteiger partial charge is 0.480 e. The Bertz CT molecular complexity index is 2270. The first kappa shape index (κ1) is 62.2. The van der Waals surface area contributed by atoms with Crippen molar-refractivity contribution in [3.63, 3.8) is 0 Å². The number of imidazole rings is 1. The number of carboxylic acids is 1. The topological polar surface area (TPSA) is 468 Å². The second kappa shape index (κ2) is 31.0. The molecule has 0 aliphatic carbocycles. The number of anilines is 1. The fourth-order valence-corrected chi connectivity index (χ4v) is 8.96. The molecule has 4 rings (SSSR count). The van der Waals surface area contributed by atoms with E-state index < -0.39 is 96.3 Å². The maximum Gasteiger partial charge on any atom is 0.320 e. The molecule has 29 heteroatoms. The van der Waals surface area contributed by atoms with Gasteiger partial charge in [-0.05, 0) is 96.7 Å². The summed E-state index contributed by atoms with van der Waals surface area (Å²) in [5, 5.41) is 45.4. The van der Waals surface area contributed by atoms with Crippen LogP contribution in [0.5, 0.6) is 0 Å². The number of aliphatic imine (C=N–C) groups is 1. The second-order valence-corrected chi connectivity index (χ2v) is 19.5. The van der Waals surface area contributed by atoms with Crippen LogP contribution in [0.1, 0.15) is 104 Å². The monoisotopic (exact) mass is 1070 g/mol. The number of hydrogen-bond donors (Lipinski definition) is 14. The molecule has 20 N–H and O–H groups in total. The first-order valence-corrected chi connectivity index (χ1v) is 26.1. The van der Waals surface area contributed by atoms with Crippen molar-refractivity contribution in [2.45, 2.75) is 159 Å². The maximum atomic E-state index is 14.1. The standard InChI is InChI=1S/C47H82N18O11/c1-4-26(2)34(44(73)59-27(3)39(51)69)62-42(71)30(13-10-18-55-47(52)53)60-41(70)29(12-6-7-16-48)61-43(72)31-14-11-20-64(31)33(66)22-54-17-8-5-9-19-63(21-15-28(49)46(74)75)23-32-36(67)37(68)45(76-32)65-25-58-35-38(50)56-24-57-40(35)65/h24-32,34,36-37,45,54,67-68H,4-23,48-49H2,1-3H3,(H2,51,69)(H,59,73)(H,60,70)(H,61,72)(H,62,71)(H,74,75)(H2,50,56,57)(H4,52,53,55)/t26-,27-,28-,29-,30-,31-,32-,34-,36-,37+,45-/m0/s1. The number of guanidine groups is 1. The predicted molar refractivity (Wildman–Crippen MR) is 279 cm³/mol. The number of amides is 6. The molecule has 2 aromatic rings. The zero-order chi connectivity index (χ0) is 56.1. The Morgan fingerprint density at radius 3 is 2.26 bits per heavy atom. The molecule has 0 spiro atoms. The molecule has 426 valence electrons. The van der Waals surface area contributed by atoms with Crippen LogP contribution in [-0.4, -0.2) is 199 Å². The van der Waals surface area contributed by atoms with Crippen molar-refractivity contribution in [3.8, 4) is 0 Å². The number of aliphatic carboxylic acids is 1. The number of primary amides is 1. The van der Waals surface area contributed by atoms with Crippen LogP contribution in [0.25, 0.3) is 11.2 Å². The lowest BCUT2D eigenvalue weighted by Crippen LogP contribution is -2.59. The number of rotatable bonds is 34. The lowest BCUT2D eigenvalue weighted by Gasteiger charge is -2.29. The third-order valence-electron chi connectivity index (χ3n) is 13.7. The van der Waals surface area contributed by atoms with E-state index in [0.717, 1.165) is 0 Å². The van der Waals surface area contributed by atoms with Crippen LogP contribution in [0.4, 0.5) is 5.82 Å². The Labute approximate surface area is 441 Å². The maximum absolute atomic E-state index is 14.1. The third-order valence-corrected chi connectivity index (χ3v) is 13.7. The van der Waals surface area contributed by atoms with Crippen molar-refractivity contribution in [2.75, 3.05) is 58.1 Å². The number of carbonyl (C=O) groups is 7. The number of ether oxygens (including phenoxy) is 1. The van der Waals surface area contributed by atoms with Crippen LogP contribution >= 0.6 is 0 Å². The van der Waals surface area contributed by atoms with Crippen LogP contribution in [0, 0.1) is 5.92 Å². The summed E-state index contributed by atoms with van der Waals surface area (Å²) < 4.78 is 7.61. The summed E-state index contributed by atoms with van der Waals surface area (Å²) in [6.45, 7) is 7.10. The molecule has 2 fully saturated rings. The summed E-state index contributed by atoms with van der Waals surface area (Å²) in [7, 11) is 0. The van der Waals surface area contributed by atoms with Crippen molar-refractivity contribution in [1.82, 2.24) is 55.9 Å². The molecule has 0 aromatic carbocycles. The van der Waals surface area contributed by atoms with E-state index in [2.05, 4.69) is 46.5 Å². The average molecular weight is 1080 g/mol. The number of aliphatic hydroxyl groups is 2. The summed E-state index contributed by atoms with van der Waals surface area (Å²) in [6.07, 6.45) is 3.15. The van der Waals surface area contributed by atoms with Gasteiger partial charge in [0.1, 0.15) is 66.4 Å². The van der Waals surface area contributed by atoms with Gasteiger partial charge in [0.05, 0.1) is 12.9 Å². The zero-order valence-electron chi connectivity index (χ0n) is 43.8. The van der Waals surface area contributed by atoms with Gasteiger partial charge < -0.3 is 90.8 Å². The highest BCUT2D eigenvalue weighted by Crippen LogP contribution is 2.32. The van der Waals surface area contributed by atoms with Crippen LogP contribution in [0.3, 0.4) is 0 Å². The van der Waals surface area contributed by atoms with E-state index >= 15 is 0 Å². The molecule has 2 saturated heterocycles. The molecule has 2 aliphatic rings. The second-order valence-electron chi connectivity index (χ2n) is 19.5. The van der Waals surface area contributed by atoms with E-state index in [0.29, 0.717) is 88.7 Å². The van der Waals surface area contributed by atoms with Crippen molar-refractivity contribution in [1.29, 1.82) is 0 Å². The van der Waals surface area contributed by atoms with E-state index in [4.69, 9.17) is 39.1 Å². The number of unbranched alkanes of at least 4 members (excludes halogenated alkanes) is 3. The molecule has 2 aliphatic heterocycles. The van der Waals surface area contributed by atoms with E-state index in [1.54, 1.807) is 6.92 Å². The Morgan fingerprint density at radius 2 is 1.58 bits per heavy atom. The molecule has 0 radical (unpaired) electrons. The number of carboxylic acid groups (broad SMARTS) is 1. The molecule has 76 heavy (non-hydrogen) atoms. The minimum absolute atomic E-state index is 0.0532. The predicted octanol–water partition coefficient (Wildman–Crippen LogP) is -4.44. The first-order valence-electron chi connectivity index (χ1n) is 26.1. The van der Waals surface area contributed by atoms with Gasteiger partial charge in [-0.25, -0.2) is 15.0 Å². The zero-order valence-corrected chi connectivity index (χ0v) is 43.8. The number of fused-ring (bicyclic) bond motifs is 1. The lowest BCUT2D eigenvalue weighted by molar-refractivity contribution is -0.139. The van der Waals surface area contributed by atoms with Crippen LogP contribution in [0.15, 0.2) is 17.6 Å². The van der Waals surface area contributed by atoms with Gasteiger partial charge in [0.2, 0.25) is 35.4 Å². The van der Waals surface area contributed by atoms with Gasteiger partial charge in [-0.1, -0.05) is 26.7 Å². The van der Waals surface area contributed by atoms with Gasteiger partial charge in [0.25, 0.3) is 0 Å². The summed E-state index contributed by atoms with van der Waals surface area (Å²) in [6, 6.07) is -6.38. The summed E-state index contributed by atoms with van der Waals surface area (Å²) >= 11 is 0. The smallest absolute Gasteiger partial charge is 0.320 e. The van der Waals surface area contributed by atoms with Gasteiger partial charge in [-0.2, -0.15) is 0 Å². The lowest BCUT2D eigenvalue weighted by atomic mass is 9.97. The quantitative estimate of drug-likeness (QED) is 0.0179. The summed E-state index contributed by atoms with van der Waals surface area (Å²) in [4.78, 5) is 112. The number of nitrogens with two attached hydrogens (primary N) is 6. The summed E-state index contributed by atoms with van der Waals surface area (Å²) in [5.41, 5.74) is 34.5. The van der Waals surface area contributed by atoms with E-state index in [9.17, 15) is 48.9 Å². The molecule has 4 heterocycles. The fraction of sp³-hybridized carbons (Fsp3) is 0.723. The van der Waals surface area contributed by atoms with Gasteiger partial charge in [0.15, 0.2) is 23.7 Å². The Morgan fingerprint density at radius 1 is 0.868 bits per heavy atom. The van der Waals surface area contributed by atoms with Crippen molar-refractivity contribution < 1.29 is 53.6 Å². The Hall–Kier alpha value is -6.37. The molecule has 0 saturated carbocycles. The number of hydrogen-bond acceptors (Lipinski definition) is 19. The average Bonchev–Trinajstić information content (AvgIpc) is 4.12. The highest BCUT2D eigenvalue weighted by molar-refractivity contribution is 5.96. The van der Waals surface area contributed by atoms with Gasteiger partial charge in [-0.15, -0.1) is 0 Å². The van der Waals surface area contributed by atoms with E-state index in [1.165, 1.54) is 29.0 Å². The van der Waals surface area contributed by atoms with Crippen LogP contribution in [-0.2, 0) is 38.3 Å². The normalized spacial score (nSPS) is 20.8. The highest BCUT2D eigenvalue weighted by Gasteiger charge is 2.45. The Balaban J connectivity index is 1.32. The third kappa shape index (κ3) is 18.4. The number of likely N-dealkylation sites (tertiary alicyclic amines) is 1. The van der Waals surface area contributed by atoms with Crippen LogP contribution < -0.4 is 61.0 Å². The highest BCUT2D eigenvalue weighted by atomic mass is 16.6. The van der Waals surface area contributed by atoms with E-state index in [1.807, 2.05) is 11.8 Å². The molecule has 11 atom stereocenters. The minimum Gasteiger partial charge on any atom is -0.480 e. The van der Waals surface area contributed by atoms with Crippen molar-refractivity contribution in [3.05, 3.63) is 12.7 Å². The van der Waals surface area contributed by atoms with Gasteiger partial charge in [0, 0.05) is 26.2 Å². The van der Waals surface area contributed by atoms with E-state index in [-0.39, 0.29) is 75.5 Å². The first-order chi connectivity index (χ1) is 36.2. The molecule has 6 amide bonds. The van der Waals surface area contributed by atoms with Gasteiger partial charge in [-0.3, -0.25) is 43.1 Å². The number of nitrogens with one attached hydrogen (secondary N) is 5. The SMILES string of the molecule is CC[C@H](C)[C@H](NC(=O)[C@H](CCCN=C(N)N)NC(=O)[C@H](CCCCN)NC(=O)[C@@H]1CCCN1C(=O)CNCCCCCN(CC[C@H](N)C(=O)O)C[C@@H]1O[C@H](n2cnc3c(N)ncnc32)[C@H](O)[C@H]1O)C(=O)N[C@@H](C)C(N)=O. The molecule has 2 aromatic heterocycles. The van der Waals surface area contributed by atoms with Gasteiger partial charge >= 0.3 is 5.97 Å². The fourth-order valence-electron chi connectivity index (χ4n) is 8.96. The molecule has 0 unspecified atom stereocenters. The number of nitrogens with zero attached hydrogens (tertiary/aromatic N) is 7. The number of nitrogen functional groups attached to an aromatic ring is 1. The van der Waals surface area contributed by atoms with Crippen molar-refractivity contribution in [2.24, 2.45) is 39.6 Å². The van der Waals surface area contributed by atoms with Crippen molar-refractivity contribution >= 4 is 64.4 Å². The summed E-state index contributed by atoms with van der Waals surface area (Å²) in [5.74, 6) is -5.13. The molecular weight excluding hydrogens is 993 g/mol. The number of aliphatic hydroxyl groups excluding tert-OH is 2. The Kier molecular flexibility index (Phi) is 25.4. The minimum atomic E-state index is -1.34.